The summed E-state index contributed by atoms with van der Waals surface area (Å²) in [5.74, 6) is 0.894. The minimum atomic E-state index is -1.86. The number of rotatable bonds is 17. The van der Waals surface area contributed by atoms with Gasteiger partial charge in [-0.15, -0.1) is 0 Å². The predicted octanol–water partition coefficient (Wildman–Crippen LogP) is -3.51. The van der Waals surface area contributed by atoms with Gasteiger partial charge >= 0.3 is 0 Å². The van der Waals surface area contributed by atoms with Crippen LogP contribution in [0.4, 0.5) is 0 Å². The van der Waals surface area contributed by atoms with E-state index in [-0.39, 0.29) is 31.1 Å². The number of aryl methyl sites for hydroxylation is 2. The fraction of sp³-hybridized carbons (Fsp3) is 0.742. The van der Waals surface area contributed by atoms with Crippen LogP contribution in [0.2, 0.25) is 0 Å². The van der Waals surface area contributed by atoms with Crippen LogP contribution < -0.4 is 9.88 Å². The molecule has 1 aromatic carbocycles. The fourth-order valence-electron chi connectivity index (χ4n) is 6.45. The Morgan fingerprint density at radius 1 is 0.848 bits per heavy atom. The van der Waals surface area contributed by atoms with Gasteiger partial charge in [-0.3, -0.25) is 9.69 Å². The third-order valence-corrected chi connectivity index (χ3v) is 9.28. The minimum absolute atomic E-state index is 0.171. The summed E-state index contributed by atoms with van der Waals surface area (Å²) >= 11 is 0. The number of hydrogen-bond donors (Lipinski definition) is 11. The van der Waals surface area contributed by atoms with E-state index in [0.29, 0.717) is 31.2 Å². The first-order valence-electron chi connectivity index (χ1n) is 16.0. The van der Waals surface area contributed by atoms with Gasteiger partial charge in [-0.05, 0) is 51.7 Å². The van der Waals surface area contributed by atoms with E-state index < -0.39 is 62.0 Å². The largest absolute Gasteiger partial charge is 0.394 e. The van der Waals surface area contributed by atoms with Crippen LogP contribution in [0, 0.1) is 6.92 Å². The summed E-state index contributed by atoms with van der Waals surface area (Å²) in [5, 5.41) is 103. The second-order valence-corrected chi connectivity index (χ2v) is 12.3. The SMILES string of the molecule is CCn1c(C)[n+](CC)c2ccc(C(=O)N[C@H]3CC[C@H](N(C[C@H](O)[C@@H](O)[C@H](O)[C@H](O)CO)C[C@H](O)[C@@H](O)[C@H](O)[C@H](O)CO)CC3)cc21. The summed E-state index contributed by atoms with van der Waals surface area (Å²) in [7, 11) is 0. The Kier molecular flexibility index (Phi) is 14.3. The van der Waals surface area contributed by atoms with Crippen molar-refractivity contribution < 1.29 is 60.4 Å². The molecule has 1 aliphatic carbocycles. The first-order chi connectivity index (χ1) is 21.8. The Morgan fingerprint density at radius 2 is 1.35 bits per heavy atom. The molecule has 2 aromatic rings. The van der Waals surface area contributed by atoms with E-state index >= 15 is 0 Å². The Hall–Kier alpha value is -2.28. The summed E-state index contributed by atoms with van der Waals surface area (Å²) in [5.41, 5.74) is 2.56. The van der Waals surface area contributed by atoms with E-state index in [1.165, 1.54) is 0 Å². The zero-order valence-corrected chi connectivity index (χ0v) is 26.8. The predicted molar refractivity (Wildman–Crippen MR) is 166 cm³/mol. The number of aliphatic hydroxyl groups excluding tert-OH is 10. The molecule has 0 bridgehead atoms. The van der Waals surface area contributed by atoms with Gasteiger partial charge < -0.3 is 56.4 Å². The van der Waals surface area contributed by atoms with Gasteiger partial charge in [0.2, 0.25) is 0 Å². The Bertz CT molecular complexity index is 1220. The van der Waals surface area contributed by atoms with Crippen LogP contribution >= 0.6 is 0 Å². The summed E-state index contributed by atoms with van der Waals surface area (Å²) in [6, 6.07) is 5.16. The topological polar surface area (TPSA) is 243 Å². The first-order valence-corrected chi connectivity index (χ1v) is 16.0. The third kappa shape index (κ3) is 8.79. The molecule has 11 N–H and O–H groups in total. The van der Waals surface area contributed by atoms with Crippen molar-refractivity contribution in [1.29, 1.82) is 0 Å². The first kappa shape index (κ1) is 38.2. The Morgan fingerprint density at radius 3 is 1.80 bits per heavy atom. The second-order valence-electron chi connectivity index (χ2n) is 12.3. The Labute approximate surface area is 268 Å². The normalized spacial score (nSPS) is 22.7. The number of carbonyl (C=O) groups excluding carboxylic acids is 1. The molecule has 15 nitrogen and oxygen atoms in total. The monoisotopic (exact) mass is 657 g/mol. The molecule has 1 amide bonds. The molecule has 0 saturated heterocycles. The van der Waals surface area contributed by atoms with Crippen LogP contribution in [0.5, 0.6) is 0 Å². The molecule has 0 unspecified atom stereocenters. The van der Waals surface area contributed by atoms with E-state index in [4.69, 9.17) is 10.2 Å². The van der Waals surface area contributed by atoms with Crippen molar-refractivity contribution in [3.05, 3.63) is 29.6 Å². The number of benzene rings is 1. The van der Waals surface area contributed by atoms with Gasteiger partial charge in [0, 0.05) is 43.7 Å². The van der Waals surface area contributed by atoms with Crippen LogP contribution in [0.25, 0.3) is 11.0 Å². The zero-order valence-electron chi connectivity index (χ0n) is 26.8. The van der Waals surface area contributed by atoms with Gasteiger partial charge in [0.05, 0.1) is 38.5 Å². The number of imidazole rings is 1. The molecule has 262 valence electrons. The van der Waals surface area contributed by atoms with E-state index in [1.807, 2.05) is 12.1 Å². The highest BCUT2D eigenvalue weighted by Crippen LogP contribution is 2.26. The van der Waals surface area contributed by atoms with Crippen molar-refractivity contribution in [1.82, 2.24) is 14.8 Å². The average Bonchev–Trinajstić information content (AvgIpc) is 3.34. The molecule has 1 heterocycles. The molecule has 46 heavy (non-hydrogen) atoms. The summed E-state index contributed by atoms with van der Waals surface area (Å²) in [6.07, 6.45) is -12.1. The van der Waals surface area contributed by atoms with Crippen molar-refractivity contribution in [3.63, 3.8) is 0 Å². The van der Waals surface area contributed by atoms with Gasteiger partial charge in [0.15, 0.2) is 11.0 Å². The van der Waals surface area contributed by atoms with Gasteiger partial charge in [-0.2, -0.15) is 0 Å². The molecule has 0 radical (unpaired) electrons. The number of fused-ring (bicyclic) bond motifs is 1. The van der Waals surface area contributed by atoms with Crippen LogP contribution in [0.1, 0.15) is 55.7 Å². The number of amides is 1. The van der Waals surface area contributed by atoms with E-state index in [1.54, 1.807) is 11.0 Å². The standard InChI is InChI=1S/C31H52N4O11/c1-4-34-17(3)35(5-2)22-12-18(6-11-21(22)34)31(46)32-19-7-9-20(10-8-19)33(13-23(38)27(42)29(44)25(40)15-36)14-24(39)28(43)30(45)26(41)16-37/h6,11-12,19-20,23-30,36-45H,4-5,7-10,13-16H2,1-3H3/p+1/t19-,20-,23-,24-,25+,26+,27+,28+,29+,30+/m0/s1. The van der Waals surface area contributed by atoms with E-state index in [9.17, 15) is 45.6 Å². The molecule has 1 fully saturated rings. The number of nitrogens with zero attached hydrogens (tertiary/aromatic N) is 3. The van der Waals surface area contributed by atoms with Gasteiger partial charge in [-0.1, -0.05) is 0 Å². The average molecular weight is 658 g/mol. The molecule has 0 spiro atoms. The maximum atomic E-state index is 13.3. The highest BCUT2D eigenvalue weighted by Gasteiger charge is 2.37. The lowest BCUT2D eigenvalue weighted by Gasteiger charge is -2.40. The van der Waals surface area contributed by atoms with Crippen molar-refractivity contribution in [2.45, 2.75) is 120 Å². The van der Waals surface area contributed by atoms with Crippen molar-refractivity contribution in [2.24, 2.45) is 0 Å². The van der Waals surface area contributed by atoms with E-state index in [0.717, 1.165) is 29.9 Å². The highest BCUT2D eigenvalue weighted by atomic mass is 16.4. The van der Waals surface area contributed by atoms with Crippen LogP contribution in [0.15, 0.2) is 18.2 Å². The summed E-state index contributed by atoms with van der Waals surface area (Å²) < 4.78 is 4.36. The van der Waals surface area contributed by atoms with E-state index in [2.05, 4.69) is 35.2 Å². The maximum absolute atomic E-state index is 13.3. The molecule has 1 saturated carbocycles. The molecule has 8 atom stereocenters. The van der Waals surface area contributed by atoms with Gasteiger partial charge in [-0.25, -0.2) is 9.13 Å². The second kappa shape index (κ2) is 17.2. The number of aliphatic hydroxyl groups is 10. The number of aromatic nitrogens is 2. The van der Waals surface area contributed by atoms with Crippen LogP contribution in [-0.2, 0) is 13.1 Å². The fourth-order valence-corrected chi connectivity index (χ4v) is 6.45. The van der Waals surface area contributed by atoms with Crippen LogP contribution in [0.3, 0.4) is 0 Å². The lowest BCUT2D eigenvalue weighted by atomic mass is 9.89. The minimum Gasteiger partial charge on any atom is -0.394 e. The zero-order chi connectivity index (χ0) is 34.3. The number of hydrogen-bond acceptors (Lipinski definition) is 12. The van der Waals surface area contributed by atoms with Crippen molar-refractivity contribution >= 4 is 16.9 Å². The maximum Gasteiger partial charge on any atom is 0.254 e. The third-order valence-electron chi connectivity index (χ3n) is 9.28. The molecule has 1 aromatic heterocycles. The van der Waals surface area contributed by atoms with Gasteiger partial charge in [0.25, 0.3) is 11.7 Å². The lowest BCUT2D eigenvalue weighted by Crippen LogP contribution is -2.56. The molecular formula is C31H53N4O11+. The van der Waals surface area contributed by atoms with Crippen LogP contribution in [-0.4, -0.2) is 154 Å². The lowest BCUT2D eigenvalue weighted by molar-refractivity contribution is -0.674. The highest BCUT2D eigenvalue weighted by molar-refractivity contribution is 5.97. The quantitative estimate of drug-likeness (QED) is 0.0743. The summed E-state index contributed by atoms with van der Waals surface area (Å²) in [4.78, 5) is 14.8. The molecule has 0 aliphatic heterocycles. The van der Waals surface area contributed by atoms with Gasteiger partial charge in [0.1, 0.15) is 36.6 Å². The number of carbonyl (C=O) groups is 1. The molecule has 3 rings (SSSR count). The molecule has 15 heteroatoms. The molecule has 1 aliphatic rings. The number of nitrogens with one attached hydrogen (secondary N) is 1. The Balaban J connectivity index is 1.71. The summed E-state index contributed by atoms with van der Waals surface area (Å²) in [6.45, 7) is 5.41. The smallest absolute Gasteiger partial charge is 0.254 e. The molecular weight excluding hydrogens is 604 g/mol. The van der Waals surface area contributed by atoms with Crippen molar-refractivity contribution in [2.75, 3.05) is 26.3 Å². The van der Waals surface area contributed by atoms with Crippen molar-refractivity contribution in [3.8, 4) is 0 Å².